The van der Waals surface area contributed by atoms with Crippen molar-refractivity contribution < 1.29 is 4.79 Å². The molecule has 0 spiro atoms. The number of amides is 1. The SMILES string of the molecule is C[C@H](C(=O)N(C)Cc1ccsc1)n1c(=S)[nH]c2ccccc2c1=O. The zero-order chi connectivity index (χ0) is 17.3. The van der Waals surface area contributed by atoms with Gasteiger partial charge in [0.1, 0.15) is 6.04 Å². The van der Waals surface area contributed by atoms with E-state index in [0.717, 1.165) is 5.56 Å². The largest absolute Gasteiger partial charge is 0.340 e. The van der Waals surface area contributed by atoms with Crippen LogP contribution in [-0.2, 0) is 11.3 Å². The Kier molecular flexibility index (Phi) is 4.64. The van der Waals surface area contributed by atoms with Crippen LogP contribution in [0, 0.1) is 4.77 Å². The lowest BCUT2D eigenvalue weighted by molar-refractivity contribution is -0.133. The maximum Gasteiger partial charge on any atom is 0.262 e. The molecule has 0 bridgehead atoms. The van der Waals surface area contributed by atoms with Crippen molar-refractivity contribution in [1.82, 2.24) is 14.5 Å². The second kappa shape index (κ2) is 6.70. The van der Waals surface area contributed by atoms with Crippen molar-refractivity contribution in [3.63, 3.8) is 0 Å². The fourth-order valence-electron chi connectivity index (χ4n) is 2.69. The number of carbonyl (C=O) groups is 1. The van der Waals surface area contributed by atoms with Gasteiger partial charge in [0.25, 0.3) is 5.56 Å². The summed E-state index contributed by atoms with van der Waals surface area (Å²) in [6, 6.07) is 8.46. The third-order valence-electron chi connectivity index (χ3n) is 3.96. The van der Waals surface area contributed by atoms with Crippen LogP contribution in [-0.4, -0.2) is 27.4 Å². The lowest BCUT2D eigenvalue weighted by Gasteiger charge is -2.22. The van der Waals surface area contributed by atoms with Crippen molar-refractivity contribution in [3.8, 4) is 0 Å². The number of hydrogen-bond acceptors (Lipinski definition) is 4. The van der Waals surface area contributed by atoms with Gasteiger partial charge in [0, 0.05) is 13.6 Å². The highest BCUT2D eigenvalue weighted by atomic mass is 32.1. The van der Waals surface area contributed by atoms with Crippen molar-refractivity contribution in [1.29, 1.82) is 0 Å². The number of nitrogens with zero attached hydrogens (tertiary/aromatic N) is 2. The van der Waals surface area contributed by atoms with Crippen molar-refractivity contribution in [2.45, 2.75) is 19.5 Å². The van der Waals surface area contributed by atoms with Crippen LogP contribution in [0.2, 0.25) is 0 Å². The van der Waals surface area contributed by atoms with Gasteiger partial charge in [-0.2, -0.15) is 11.3 Å². The molecule has 1 aromatic carbocycles. The summed E-state index contributed by atoms with van der Waals surface area (Å²) in [4.78, 5) is 30.1. The Morgan fingerprint density at radius 1 is 1.38 bits per heavy atom. The van der Waals surface area contributed by atoms with Crippen LogP contribution in [0.4, 0.5) is 0 Å². The number of thiophene rings is 1. The zero-order valence-electron chi connectivity index (χ0n) is 13.4. The van der Waals surface area contributed by atoms with E-state index in [0.29, 0.717) is 17.4 Å². The minimum atomic E-state index is -0.672. The van der Waals surface area contributed by atoms with Crippen molar-refractivity contribution in [3.05, 3.63) is 61.8 Å². The summed E-state index contributed by atoms with van der Waals surface area (Å²) in [5, 5.41) is 4.50. The maximum atomic E-state index is 12.7. The average molecular weight is 359 g/mol. The molecule has 24 heavy (non-hydrogen) atoms. The maximum absolute atomic E-state index is 12.7. The molecule has 3 aromatic rings. The predicted octanol–water partition coefficient (Wildman–Crippen LogP) is 3.34. The second-order valence-electron chi connectivity index (χ2n) is 5.65. The molecule has 7 heteroatoms. The molecular weight excluding hydrogens is 342 g/mol. The van der Waals surface area contributed by atoms with E-state index in [2.05, 4.69) is 4.98 Å². The van der Waals surface area contributed by atoms with Gasteiger partial charge in [-0.15, -0.1) is 0 Å². The summed E-state index contributed by atoms with van der Waals surface area (Å²) in [5.74, 6) is -0.155. The number of rotatable bonds is 4. The molecule has 2 heterocycles. The van der Waals surface area contributed by atoms with Crippen LogP contribution in [0.1, 0.15) is 18.5 Å². The lowest BCUT2D eigenvalue weighted by Crippen LogP contribution is -2.37. The number of hydrogen-bond donors (Lipinski definition) is 1. The number of aromatic amines is 1. The van der Waals surface area contributed by atoms with Gasteiger partial charge in [-0.3, -0.25) is 14.2 Å². The molecule has 0 saturated carbocycles. The molecule has 0 aliphatic heterocycles. The number of benzene rings is 1. The molecule has 0 aliphatic rings. The van der Waals surface area contributed by atoms with Gasteiger partial charge >= 0.3 is 0 Å². The molecule has 3 rings (SSSR count). The normalized spacial score (nSPS) is 12.2. The Balaban J connectivity index is 1.96. The molecule has 1 N–H and O–H groups in total. The zero-order valence-corrected chi connectivity index (χ0v) is 15.0. The number of fused-ring (bicyclic) bond motifs is 1. The van der Waals surface area contributed by atoms with E-state index < -0.39 is 6.04 Å². The number of aromatic nitrogens is 2. The Morgan fingerprint density at radius 2 is 2.12 bits per heavy atom. The second-order valence-corrected chi connectivity index (χ2v) is 6.82. The molecule has 0 radical (unpaired) electrons. The van der Waals surface area contributed by atoms with E-state index in [4.69, 9.17) is 12.2 Å². The van der Waals surface area contributed by atoms with E-state index in [1.165, 1.54) is 4.57 Å². The van der Waals surface area contributed by atoms with Crippen LogP contribution >= 0.6 is 23.6 Å². The molecule has 0 aliphatic carbocycles. The van der Waals surface area contributed by atoms with E-state index >= 15 is 0 Å². The quantitative estimate of drug-likeness (QED) is 0.727. The molecular formula is C17H17N3O2S2. The smallest absolute Gasteiger partial charge is 0.262 e. The molecule has 1 amide bonds. The summed E-state index contributed by atoms with van der Waals surface area (Å²) in [6.07, 6.45) is 0. The van der Waals surface area contributed by atoms with Gasteiger partial charge in [-0.05, 0) is 53.7 Å². The summed E-state index contributed by atoms with van der Waals surface area (Å²) in [7, 11) is 1.73. The average Bonchev–Trinajstić information content (AvgIpc) is 3.07. The Bertz CT molecular complexity index is 989. The van der Waals surface area contributed by atoms with Crippen molar-refractivity contribution >= 4 is 40.4 Å². The van der Waals surface area contributed by atoms with Crippen molar-refractivity contribution in [2.24, 2.45) is 0 Å². The summed E-state index contributed by atoms with van der Waals surface area (Å²) < 4.78 is 1.60. The highest BCUT2D eigenvalue weighted by molar-refractivity contribution is 7.71. The lowest BCUT2D eigenvalue weighted by atomic mass is 10.2. The van der Waals surface area contributed by atoms with E-state index in [1.807, 2.05) is 22.9 Å². The van der Waals surface area contributed by atoms with Gasteiger partial charge in [-0.25, -0.2) is 0 Å². The third-order valence-corrected chi connectivity index (χ3v) is 4.99. The first-order chi connectivity index (χ1) is 11.5. The van der Waals surface area contributed by atoms with Gasteiger partial charge in [-0.1, -0.05) is 12.1 Å². The summed E-state index contributed by atoms with van der Waals surface area (Å²) in [6.45, 7) is 2.21. The van der Waals surface area contributed by atoms with Gasteiger partial charge in [0.2, 0.25) is 5.91 Å². The Labute approximate surface area is 148 Å². The first-order valence-electron chi connectivity index (χ1n) is 7.48. The predicted molar refractivity (Wildman–Crippen MR) is 98.9 cm³/mol. The highest BCUT2D eigenvalue weighted by Crippen LogP contribution is 2.14. The molecule has 2 aromatic heterocycles. The summed E-state index contributed by atoms with van der Waals surface area (Å²) in [5.41, 5.74) is 1.49. The van der Waals surface area contributed by atoms with E-state index in [-0.39, 0.29) is 16.2 Å². The fourth-order valence-corrected chi connectivity index (χ4v) is 3.70. The van der Waals surface area contributed by atoms with Crippen LogP contribution in [0.15, 0.2) is 45.9 Å². The minimum Gasteiger partial charge on any atom is -0.340 e. The monoisotopic (exact) mass is 359 g/mol. The minimum absolute atomic E-state index is 0.155. The number of carbonyl (C=O) groups excluding carboxylic acids is 1. The Hall–Kier alpha value is -2.25. The standard InChI is InChI=1S/C17H17N3O2S2/c1-11(15(21)19(2)9-12-7-8-24-10-12)20-16(22)13-5-3-4-6-14(13)18-17(20)23/h3-8,10-11H,9H2,1-2H3,(H,18,23)/t11-/m1/s1. The van der Waals surface area contributed by atoms with Crippen LogP contribution in [0.5, 0.6) is 0 Å². The van der Waals surface area contributed by atoms with Gasteiger partial charge < -0.3 is 9.88 Å². The van der Waals surface area contributed by atoms with Gasteiger partial charge in [0.05, 0.1) is 10.9 Å². The fraction of sp³-hybridized carbons (Fsp3) is 0.235. The Morgan fingerprint density at radius 3 is 2.83 bits per heavy atom. The molecule has 0 unspecified atom stereocenters. The third kappa shape index (κ3) is 3.05. The van der Waals surface area contributed by atoms with Crippen LogP contribution < -0.4 is 5.56 Å². The first kappa shape index (κ1) is 16.6. The number of para-hydroxylation sites is 1. The van der Waals surface area contributed by atoms with E-state index in [9.17, 15) is 9.59 Å². The first-order valence-corrected chi connectivity index (χ1v) is 8.83. The number of H-pyrrole nitrogens is 1. The summed E-state index contributed by atoms with van der Waals surface area (Å²) >= 11 is 6.89. The number of likely N-dealkylation sites (N-methyl/N-ethyl adjacent to an activating group) is 1. The van der Waals surface area contributed by atoms with Crippen LogP contribution in [0.3, 0.4) is 0 Å². The van der Waals surface area contributed by atoms with E-state index in [1.54, 1.807) is 48.4 Å². The molecule has 124 valence electrons. The molecule has 1 atom stereocenters. The topological polar surface area (TPSA) is 58.1 Å². The number of nitrogens with one attached hydrogen (secondary N) is 1. The van der Waals surface area contributed by atoms with Crippen molar-refractivity contribution in [2.75, 3.05) is 7.05 Å². The highest BCUT2D eigenvalue weighted by Gasteiger charge is 2.22. The molecule has 0 saturated heterocycles. The van der Waals surface area contributed by atoms with Gasteiger partial charge in [0.15, 0.2) is 4.77 Å². The van der Waals surface area contributed by atoms with Crippen LogP contribution in [0.25, 0.3) is 10.9 Å². The molecule has 0 fully saturated rings. The molecule has 5 nitrogen and oxygen atoms in total.